The highest BCUT2D eigenvalue weighted by Gasteiger charge is 2.29. The highest BCUT2D eigenvalue weighted by molar-refractivity contribution is 5.73. The van der Waals surface area contributed by atoms with Gasteiger partial charge >= 0.3 is 0 Å². The van der Waals surface area contributed by atoms with Gasteiger partial charge in [0.05, 0.1) is 0 Å². The molecule has 0 unspecified atom stereocenters. The molecule has 3 heteroatoms. The van der Waals surface area contributed by atoms with E-state index in [4.69, 9.17) is 5.73 Å². The molecule has 19 heavy (non-hydrogen) atoms. The number of hydrogen-bond acceptors (Lipinski definition) is 2. The molecule has 3 N–H and O–H groups in total. The van der Waals surface area contributed by atoms with E-state index in [2.05, 4.69) is 26.1 Å². The number of carbonyl (C=O) groups excluding carboxylic acids is 1. The first-order chi connectivity index (χ1) is 8.89. The second-order valence-corrected chi connectivity index (χ2v) is 7.21. The number of unbranched alkanes of at least 4 members (excludes halogenated alkanes) is 1. The average Bonchev–Trinajstić information content (AvgIpc) is 2.32. The number of amides is 1. The summed E-state index contributed by atoms with van der Waals surface area (Å²) in [5, 5.41) is 3.53. The van der Waals surface area contributed by atoms with E-state index in [9.17, 15) is 4.79 Å². The SMILES string of the molecule is CC(C)(C)C1CCC(CNCCCCC(N)=O)CC1. The Morgan fingerprint density at radius 3 is 2.32 bits per heavy atom. The van der Waals surface area contributed by atoms with Gasteiger partial charge in [-0.3, -0.25) is 4.79 Å². The number of carbonyl (C=O) groups is 1. The highest BCUT2D eigenvalue weighted by Crippen LogP contribution is 2.39. The Morgan fingerprint density at radius 1 is 1.16 bits per heavy atom. The molecule has 1 amide bonds. The minimum Gasteiger partial charge on any atom is -0.370 e. The van der Waals surface area contributed by atoms with E-state index >= 15 is 0 Å². The van der Waals surface area contributed by atoms with Gasteiger partial charge in [0.15, 0.2) is 0 Å². The lowest BCUT2D eigenvalue weighted by Crippen LogP contribution is -2.31. The van der Waals surface area contributed by atoms with Gasteiger partial charge in [0.1, 0.15) is 0 Å². The summed E-state index contributed by atoms with van der Waals surface area (Å²) in [5.74, 6) is 1.58. The van der Waals surface area contributed by atoms with Crippen molar-refractivity contribution in [3.8, 4) is 0 Å². The minimum absolute atomic E-state index is 0.180. The lowest BCUT2D eigenvalue weighted by atomic mass is 9.70. The van der Waals surface area contributed by atoms with E-state index in [0.29, 0.717) is 11.8 Å². The third kappa shape index (κ3) is 6.95. The molecule has 112 valence electrons. The van der Waals surface area contributed by atoms with Crippen LogP contribution in [0, 0.1) is 17.3 Å². The Labute approximate surface area is 118 Å². The van der Waals surface area contributed by atoms with Crippen LogP contribution in [0.15, 0.2) is 0 Å². The molecule has 1 fully saturated rings. The van der Waals surface area contributed by atoms with Gasteiger partial charge in [-0.25, -0.2) is 0 Å². The van der Waals surface area contributed by atoms with Gasteiger partial charge in [0.25, 0.3) is 0 Å². The molecule has 0 heterocycles. The molecule has 0 aromatic carbocycles. The largest absolute Gasteiger partial charge is 0.370 e. The van der Waals surface area contributed by atoms with Crippen molar-refractivity contribution in [3.05, 3.63) is 0 Å². The van der Waals surface area contributed by atoms with Gasteiger partial charge in [-0.05, 0) is 68.9 Å². The second kappa shape index (κ2) is 7.88. The second-order valence-electron chi connectivity index (χ2n) is 7.21. The predicted molar refractivity (Wildman–Crippen MR) is 80.8 cm³/mol. The van der Waals surface area contributed by atoms with Crippen LogP contribution in [0.3, 0.4) is 0 Å². The number of primary amides is 1. The van der Waals surface area contributed by atoms with Crippen molar-refractivity contribution in [2.45, 2.75) is 65.7 Å². The zero-order chi connectivity index (χ0) is 14.3. The van der Waals surface area contributed by atoms with Gasteiger partial charge in [-0.15, -0.1) is 0 Å². The van der Waals surface area contributed by atoms with Crippen LogP contribution in [0.1, 0.15) is 65.7 Å². The Morgan fingerprint density at radius 2 is 1.79 bits per heavy atom. The Kier molecular flexibility index (Phi) is 6.84. The van der Waals surface area contributed by atoms with E-state index in [1.54, 1.807) is 0 Å². The molecule has 0 saturated heterocycles. The fraction of sp³-hybridized carbons (Fsp3) is 0.938. The molecule has 0 bridgehead atoms. The van der Waals surface area contributed by atoms with E-state index in [1.807, 2.05) is 0 Å². The fourth-order valence-corrected chi connectivity index (χ4v) is 3.09. The summed E-state index contributed by atoms with van der Waals surface area (Å²) >= 11 is 0. The Hall–Kier alpha value is -0.570. The van der Waals surface area contributed by atoms with Crippen molar-refractivity contribution in [2.24, 2.45) is 23.0 Å². The van der Waals surface area contributed by atoms with E-state index in [-0.39, 0.29) is 5.91 Å². The molecular formula is C16H32N2O. The van der Waals surface area contributed by atoms with Gasteiger partial charge in [-0.2, -0.15) is 0 Å². The maximum absolute atomic E-state index is 10.6. The minimum atomic E-state index is -0.180. The van der Waals surface area contributed by atoms with Crippen molar-refractivity contribution in [3.63, 3.8) is 0 Å². The molecule has 1 rings (SSSR count). The van der Waals surface area contributed by atoms with E-state index < -0.39 is 0 Å². The van der Waals surface area contributed by atoms with Crippen LogP contribution in [-0.2, 0) is 4.79 Å². The van der Waals surface area contributed by atoms with E-state index in [1.165, 1.54) is 25.7 Å². The molecule has 1 saturated carbocycles. The van der Waals surface area contributed by atoms with Gasteiger partial charge in [0.2, 0.25) is 5.91 Å². The first-order valence-corrected chi connectivity index (χ1v) is 7.88. The zero-order valence-electron chi connectivity index (χ0n) is 13.0. The van der Waals surface area contributed by atoms with Gasteiger partial charge in [0, 0.05) is 6.42 Å². The molecular weight excluding hydrogens is 236 g/mol. The van der Waals surface area contributed by atoms with Crippen molar-refractivity contribution >= 4 is 5.91 Å². The van der Waals surface area contributed by atoms with Crippen LogP contribution in [-0.4, -0.2) is 19.0 Å². The summed E-state index contributed by atoms with van der Waals surface area (Å²) in [6.45, 7) is 9.28. The van der Waals surface area contributed by atoms with Crippen LogP contribution in [0.2, 0.25) is 0 Å². The van der Waals surface area contributed by atoms with Crippen LogP contribution >= 0.6 is 0 Å². The standard InChI is InChI=1S/C16H32N2O/c1-16(2,3)14-9-7-13(8-10-14)12-18-11-5-4-6-15(17)19/h13-14,18H,4-12H2,1-3H3,(H2,17,19). The molecule has 1 aliphatic carbocycles. The maximum atomic E-state index is 10.6. The maximum Gasteiger partial charge on any atom is 0.217 e. The quantitative estimate of drug-likeness (QED) is 0.697. The third-order valence-electron chi connectivity index (χ3n) is 4.53. The zero-order valence-corrected chi connectivity index (χ0v) is 13.0. The molecule has 0 aromatic heterocycles. The Balaban J connectivity index is 2.02. The van der Waals surface area contributed by atoms with Crippen LogP contribution in [0.25, 0.3) is 0 Å². The first kappa shape index (κ1) is 16.5. The normalized spacial score (nSPS) is 24.4. The lowest BCUT2D eigenvalue weighted by molar-refractivity contribution is -0.118. The summed E-state index contributed by atoms with van der Waals surface area (Å²) in [6, 6.07) is 0. The molecule has 0 radical (unpaired) electrons. The van der Waals surface area contributed by atoms with Crippen LogP contribution in [0.4, 0.5) is 0 Å². The molecule has 0 atom stereocenters. The lowest BCUT2D eigenvalue weighted by Gasteiger charge is -2.37. The van der Waals surface area contributed by atoms with Crippen LogP contribution < -0.4 is 11.1 Å². The topological polar surface area (TPSA) is 55.1 Å². The summed E-state index contributed by atoms with van der Waals surface area (Å²) in [4.78, 5) is 10.6. The predicted octanol–water partition coefficient (Wildman–Crippen LogP) is 3.08. The number of nitrogens with two attached hydrogens (primary N) is 1. The van der Waals surface area contributed by atoms with Gasteiger partial charge in [-0.1, -0.05) is 20.8 Å². The molecule has 0 aromatic rings. The van der Waals surface area contributed by atoms with Crippen molar-refractivity contribution in [1.82, 2.24) is 5.32 Å². The summed E-state index contributed by atoms with van der Waals surface area (Å²) in [6.07, 6.45) is 8.01. The molecule has 3 nitrogen and oxygen atoms in total. The van der Waals surface area contributed by atoms with Crippen molar-refractivity contribution in [1.29, 1.82) is 0 Å². The number of hydrogen-bond donors (Lipinski definition) is 2. The van der Waals surface area contributed by atoms with E-state index in [0.717, 1.165) is 37.8 Å². The van der Waals surface area contributed by atoms with Crippen molar-refractivity contribution in [2.75, 3.05) is 13.1 Å². The summed E-state index contributed by atoms with van der Waals surface area (Å²) in [5.41, 5.74) is 5.59. The number of nitrogens with one attached hydrogen (secondary N) is 1. The highest BCUT2D eigenvalue weighted by atomic mass is 16.1. The molecule has 0 aliphatic heterocycles. The summed E-state index contributed by atoms with van der Waals surface area (Å²) in [7, 11) is 0. The average molecular weight is 268 g/mol. The van der Waals surface area contributed by atoms with Crippen LogP contribution in [0.5, 0.6) is 0 Å². The monoisotopic (exact) mass is 268 g/mol. The number of rotatable bonds is 7. The molecule has 0 spiro atoms. The smallest absolute Gasteiger partial charge is 0.217 e. The van der Waals surface area contributed by atoms with Crippen molar-refractivity contribution < 1.29 is 4.79 Å². The fourth-order valence-electron chi connectivity index (χ4n) is 3.09. The van der Waals surface area contributed by atoms with Gasteiger partial charge < -0.3 is 11.1 Å². The summed E-state index contributed by atoms with van der Waals surface area (Å²) < 4.78 is 0. The Bertz CT molecular complexity index is 262. The third-order valence-corrected chi connectivity index (χ3v) is 4.53. The molecule has 1 aliphatic rings. The first-order valence-electron chi connectivity index (χ1n) is 7.88.